The number of halogens is 3. The summed E-state index contributed by atoms with van der Waals surface area (Å²) in [6, 6.07) is 4.61. The zero-order valence-corrected chi connectivity index (χ0v) is 11.4. The van der Waals surface area contributed by atoms with Gasteiger partial charge >= 0.3 is 12.3 Å². The summed E-state index contributed by atoms with van der Waals surface area (Å²) in [6.07, 6.45) is -3.93. The van der Waals surface area contributed by atoms with Gasteiger partial charge in [0.2, 0.25) is 0 Å². The molecule has 4 nitrogen and oxygen atoms in total. The highest BCUT2D eigenvalue weighted by Crippen LogP contribution is 2.29. The number of rotatable bonds is 2. The number of carbonyl (C=O) groups excluding carboxylic acids is 1. The van der Waals surface area contributed by atoms with Crippen LogP contribution in [0.15, 0.2) is 24.3 Å². The van der Waals surface area contributed by atoms with Crippen molar-refractivity contribution in [2.45, 2.75) is 19.2 Å². The van der Waals surface area contributed by atoms with Crippen molar-refractivity contribution in [3.63, 3.8) is 0 Å². The van der Waals surface area contributed by atoms with Gasteiger partial charge in [0.15, 0.2) is 0 Å². The van der Waals surface area contributed by atoms with E-state index in [2.05, 4.69) is 5.32 Å². The van der Waals surface area contributed by atoms with Gasteiger partial charge in [0.1, 0.15) is 6.61 Å². The van der Waals surface area contributed by atoms with E-state index in [1.54, 1.807) is 4.90 Å². The zero-order chi connectivity index (χ0) is 15.3. The van der Waals surface area contributed by atoms with Crippen LogP contribution in [-0.2, 0) is 17.5 Å². The van der Waals surface area contributed by atoms with Crippen molar-refractivity contribution in [1.82, 2.24) is 10.2 Å². The normalized spacial score (nSPS) is 16.4. The number of benzene rings is 1. The van der Waals surface area contributed by atoms with Gasteiger partial charge in [0.05, 0.1) is 5.56 Å². The highest BCUT2D eigenvalue weighted by molar-refractivity contribution is 5.67. The largest absolute Gasteiger partial charge is 0.445 e. The summed E-state index contributed by atoms with van der Waals surface area (Å²) in [6.45, 7) is 2.75. The van der Waals surface area contributed by atoms with Crippen LogP contribution in [0.4, 0.5) is 18.0 Å². The first-order valence-electron chi connectivity index (χ1n) is 6.75. The van der Waals surface area contributed by atoms with E-state index in [0.29, 0.717) is 18.7 Å². The van der Waals surface area contributed by atoms with Gasteiger partial charge in [-0.3, -0.25) is 0 Å². The van der Waals surface area contributed by atoms with Crippen molar-refractivity contribution >= 4 is 6.09 Å². The van der Waals surface area contributed by atoms with Gasteiger partial charge < -0.3 is 15.0 Å². The first-order chi connectivity index (χ1) is 9.97. The van der Waals surface area contributed by atoms with E-state index in [1.165, 1.54) is 12.1 Å². The second-order valence-corrected chi connectivity index (χ2v) is 4.84. The Morgan fingerprint density at radius 1 is 1.19 bits per heavy atom. The number of nitrogens with zero attached hydrogens (tertiary/aromatic N) is 1. The smallest absolute Gasteiger partial charge is 0.416 e. The lowest BCUT2D eigenvalue weighted by atomic mass is 10.1. The predicted octanol–water partition coefficient (Wildman–Crippen LogP) is 2.64. The summed E-state index contributed by atoms with van der Waals surface area (Å²) in [4.78, 5) is 13.4. The van der Waals surface area contributed by atoms with E-state index in [9.17, 15) is 18.0 Å². The monoisotopic (exact) mass is 302 g/mol. The number of alkyl halides is 3. The van der Waals surface area contributed by atoms with E-state index in [-0.39, 0.29) is 6.61 Å². The van der Waals surface area contributed by atoms with Gasteiger partial charge in [-0.2, -0.15) is 13.2 Å². The molecule has 7 heteroatoms. The Balaban J connectivity index is 1.86. The lowest BCUT2D eigenvalue weighted by molar-refractivity contribution is -0.137. The molecule has 21 heavy (non-hydrogen) atoms. The Kier molecular flexibility index (Phi) is 5.06. The first-order valence-corrected chi connectivity index (χ1v) is 6.75. The van der Waals surface area contributed by atoms with Crippen molar-refractivity contribution in [2.24, 2.45) is 0 Å². The highest BCUT2D eigenvalue weighted by atomic mass is 19.4. The van der Waals surface area contributed by atoms with Gasteiger partial charge in [-0.1, -0.05) is 12.1 Å². The van der Waals surface area contributed by atoms with E-state index >= 15 is 0 Å². The molecule has 2 rings (SSSR count). The lowest BCUT2D eigenvalue weighted by Crippen LogP contribution is -2.34. The summed E-state index contributed by atoms with van der Waals surface area (Å²) in [5.41, 5.74) is -0.180. The minimum Gasteiger partial charge on any atom is -0.445 e. The highest BCUT2D eigenvalue weighted by Gasteiger charge is 2.29. The molecule has 0 saturated carbocycles. The molecular weight excluding hydrogens is 285 g/mol. The molecule has 1 amide bonds. The number of amides is 1. The Bertz CT molecular complexity index is 466. The molecule has 0 unspecified atom stereocenters. The van der Waals surface area contributed by atoms with Crippen LogP contribution in [0.5, 0.6) is 0 Å². The molecule has 1 aromatic carbocycles. The van der Waals surface area contributed by atoms with Crippen molar-refractivity contribution in [2.75, 3.05) is 26.2 Å². The molecule has 1 heterocycles. The third kappa shape index (κ3) is 4.63. The standard InChI is InChI=1S/C14H17F3N2O2/c15-14(16,17)12-4-2-11(3-5-12)10-21-13(20)19-8-1-6-18-7-9-19/h2-5,18H,1,6-10H2. The summed E-state index contributed by atoms with van der Waals surface area (Å²) in [7, 11) is 0. The van der Waals surface area contributed by atoms with Crippen LogP contribution in [0, 0.1) is 0 Å². The van der Waals surface area contributed by atoms with Crippen LogP contribution < -0.4 is 5.32 Å². The maximum atomic E-state index is 12.4. The third-order valence-electron chi connectivity index (χ3n) is 3.24. The summed E-state index contributed by atoms with van der Waals surface area (Å²) >= 11 is 0. The molecule has 116 valence electrons. The molecule has 0 bridgehead atoms. The molecule has 0 radical (unpaired) electrons. The number of ether oxygens (including phenoxy) is 1. The predicted molar refractivity (Wildman–Crippen MR) is 70.7 cm³/mol. The molecule has 1 aliphatic heterocycles. The molecule has 1 aromatic rings. The fourth-order valence-corrected chi connectivity index (χ4v) is 2.05. The summed E-state index contributed by atoms with van der Waals surface area (Å²) in [5.74, 6) is 0. The van der Waals surface area contributed by atoms with Crippen molar-refractivity contribution in [3.8, 4) is 0 Å². The molecule has 0 spiro atoms. The Labute approximate surface area is 120 Å². The van der Waals surface area contributed by atoms with Gasteiger partial charge in [-0.15, -0.1) is 0 Å². The second-order valence-electron chi connectivity index (χ2n) is 4.84. The van der Waals surface area contributed by atoms with Gasteiger partial charge in [-0.05, 0) is 30.7 Å². The zero-order valence-electron chi connectivity index (χ0n) is 11.4. The molecule has 1 fully saturated rings. The number of hydrogen-bond acceptors (Lipinski definition) is 3. The van der Waals surface area contributed by atoms with Crippen LogP contribution in [0.25, 0.3) is 0 Å². The summed E-state index contributed by atoms with van der Waals surface area (Å²) in [5, 5.41) is 3.17. The fraction of sp³-hybridized carbons (Fsp3) is 0.500. The lowest BCUT2D eigenvalue weighted by Gasteiger charge is -2.19. The molecule has 1 aliphatic rings. The van der Waals surface area contributed by atoms with Crippen LogP contribution in [-0.4, -0.2) is 37.2 Å². The van der Waals surface area contributed by atoms with Gasteiger partial charge in [0.25, 0.3) is 0 Å². The Morgan fingerprint density at radius 3 is 2.57 bits per heavy atom. The number of nitrogens with one attached hydrogen (secondary N) is 1. The van der Waals surface area contributed by atoms with Crippen LogP contribution in [0.1, 0.15) is 17.5 Å². The Hall–Kier alpha value is -1.76. The average molecular weight is 302 g/mol. The van der Waals surface area contributed by atoms with Crippen molar-refractivity contribution in [3.05, 3.63) is 35.4 Å². The third-order valence-corrected chi connectivity index (χ3v) is 3.24. The number of carbonyl (C=O) groups is 1. The quantitative estimate of drug-likeness (QED) is 0.913. The van der Waals surface area contributed by atoms with Crippen molar-refractivity contribution in [1.29, 1.82) is 0 Å². The number of hydrogen-bond donors (Lipinski definition) is 1. The maximum Gasteiger partial charge on any atom is 0.416 e. The van der Waals surface area contributed by atoms with E-state index in [4.69, 9.17) is 4.74 Å². The summed E-state index contributed by atoms with van der Waals surface area (Å²) < 4.78 is 42.4. The van der Waals surface area contributed by atoms with E-state index in [1.807, 2.05) is 0 Å². The maximum absolute atomic E-state index is 12.4. The molecule has 1 saturated heterocycles. The molecule has 0 aromatic heterocycles. The van der Waals surface area contributed by atoms with Gasteiger partial charge in [-0.25, -0.2) is 4.79 Å². The van der Waals surface area contributed by atoms with Crippen molar-refractivity contribution < 1.29 is 22.7 Å². The minimum absolute atomic E-state index is 0.0269. The molecular formula is C14H17F3N2O2. The van der Waals surface area contributed by atoms with Crippen LogP contribution in [0.2, 0.25) is 0 Å². The average Bonchev–Trinajstić information content (AvgIpc) is 2.73. The van der Waals surface area contributed by atoms with E-state index < -0.39 is 17.8 Å². The minimum atomic E-state index is -4.35. The molecule has 0 aliphatic carbocycles. The van der Waals surface area contributed by atoms with Gasteiger partial charge in [0, 0.05) is 19.6 Å². The fourth-order valence-electron chi connectivity index (χ4n) is 2.05. The Morgan fingerprint density at radius 2 is 1.90 bits per heavy atom. The molecule has 1 N–H and O–H groups in total. The van der Waals surface area contributed by atoms with Crippen LogP contribution in [0.3, 0.4) is 0 Å². The SMILES string of the molecule is O=C(OCc1ccc(C(F)(F)F)cc1)N1CCCNCC1. The van der Waals surface area contributed by atoms with Crippen LogP contribution >= 0.6 is 0 Å². The second kappa shape index (κ2) is 6.80. The topological polar surface area (TPSA) is 41.6 Å². The van der Waals surface area contributed by atoms with E-state index in [0.717, 1.165) is 31.6 Å². The molecule has 0 atom stereocenters. The first kappa shape index (κ1) is 15.6.